The highest BCUT2D eigenvalue weighted by Gasteiger charge is 2.15. The zero-order chi connectivity index (χ0) is 17.5. The van der Waals surface area contributed by atoms with Crippen molar-refractivity contribution in [1.82, 2.24) is 5.32 Å². The molecular formula is C22H30N2O. The van der Waals surface area contributed by atoms with E-state index in [2.05, 4.69) is 72.6 Å². The van der Waals surface area contributed by atoms with Gasteiger partial charge in [-0.1, -0.05) is 44.2 Å². The molecule has 1 atom stereocenters. The largest absolute Gasteiger partial charge is 0.493 e. The fraction of sp³-hybridized carbons (Fsp3) is 0.455. The maximum Gasteiger partial charge on any atom is 0.119 e. The molecule has 0 saturated carbocycles. The number of aryl methyl sites for hydroxylation is 1. The lowest BCUT2D eigenvalue weighted by molar-refractivity contribution is 0.284. The van der Waals surface area contributed by atoms with Crippen molar-refractivity contribution in [1.29, 1.82) is 0 Å². The maximum atomic E-state index is 6.17. The van der Waals surface area contributed by atoms with Crippen LogP contribution in [0.25, 0.3) is 0 Å². The minimum atomic E-state index is 0.444. The number of hydrogen-bond acceptors (Lipinski definition) is 3. The summed E-state index contributed by atoms with van der Waals surface area (Å²) < 4.78 is 6.17. The van der Waals surface area contributed by atoms with Crippen LogP contribution in [0.1, 0.15) is 37.3 Å². The van der Waals surface area contributed by atoms with Crippen LogP contribution in [0.15, 0.2) is 48.5 Å². The smallest absolute Gasteiger partial charge is 0.119 e. The van der Waals surface area contributed by atoms with E-state index in [-0.39, 0.29) is 0 Å². The van der Waals surface area contributed by atoms with Gasteiger partial charge in [0, 0.05) is 37.8 Å². The van der Waals surface area contributed by atoms with Crippen LogP contribution in [0.4, 0.5) is 5.69 Å². The topological polar surface area (TPSA) is 24.5 Å². The van der Waals surface area contributed by atoms with Gasteiger partial charge in [0.1, 0.15) is 5.75 Å². The van der Waals surface area contributed by atoms with Crippen molar-refractivity contribution >= 4 is 5.69 Å². The molecular weight excluding hydrogens is 308 g/mol. The number of hydrogen-bond donors (Lipinski definition) is 1. The Morgan fingerprint density at radius 3 is 2.48 bits per heavy atom. The number of nitrogens with zero attached hydrogens (tertiary/aromatic N) is 1. The van der Waals surface area contributed by atoms with Crippen LogP contribution < -0.4 is 15.0 Å². The Kier molecular flexibility index (Phi) is 6.35. The first-order chi connectivity index (χ1) is 12.3. The van der Waals surface area contributed by atoms with Crippen LogP contribution in [0.3, 0.4) is 0 Å². The third kappa shape index (κ3) is 4.55. The summed E-state index contributed by atoms with van der Waals surface area (Å²) in [7, 11) is 0. The van der Waals surface area contributed by atoms with Gasteiger partial charge in [0.2, 0.25) is 0 Å². The lowest BCUT2D eigenvalue weighted by Gasteiger charge is -2.31. The van der Waals surface area contributed by atoms with E-state index < -0.39 is 0 Å². The lowest BCUT2D eigenvalue weighted by Crippen LogP contribution is -2.43. The van der Waals surface area contributed by atoms with Gasteiger partial charge in [-0.15, -0.1) is 0 Å². The van der Waals surface area contributed by atoms with Crippen molar-refractivity contribution in [2.24, 2.45) is 0 Å². The zero-order valence-electron chi connectivity index (χ0n) is 15.5. The Morgan fingerprint density at radius 1 is 1.04 bits per heavy atom. The van der Waals surface area contributed by atoms with E-state index in [1.54, 1.807) is 0 Å². The second-order valence-corrected chi connectivity index (χ2v) is 6.71. The van der Waals surface area contributed by atoms with Crippen LogP contribution in [-0.2, 0) is 6.42 Å². The third-order valence-electron chi connectivity index (χ3n) is 5.10. The molecule has 2 aromatic rings. The molecule has 1 N–H and O–H groups in total. The summed E-state index contributed by atoms with van der Waals surface area (Å²) in [4.78, 5) is 2.48. The van der Waals surface area contributed by atoms with Crippen molar-refractivity contribution in [3.63, 3.8) is 0 Å². The van der Waals surface area contributed by atoms with Gasteiger partial charge in [-0.05, 0) is 42.2 Å². The molecule has 1 heterocycles. The van der Waals surface area contributed by atoms with Crippen LogP contribution in [0.2, 0.25) is 0 Å². The summed E-state index contributed by atoms with van der Waals surface area (Å²) in [6.45, 7) is 9.48. The van der Waals surface area contributed by atoms with Crippen LogP contribution in [0, 0.1) is 0 Å². The normalized spacial score (nSPS) is 15.8. The third-order valence-corrected chi connectivity index (χ3v) is 5.10. The Hall–Kier alpha value is -2.00. The van der Waals surface area contributed by atoms with E-state index in [1.807, 2.05) is 0 Å². The van der Waals surface area contributed by atoms with E-state index in [4.69, 9.17) is 4.74 Å². The van der Waals surface area contributed by atoms with Crippen LogP contribution in [-0.4, -0.2) is 32.8 Å². The number of ether oxygens (including phenoxy) is 1. The first-order valence-corrected chi connectivity index (χ1v) is 9.58. The summed E-state index contributed by atoms with van der Waals surface area (Å²) in [6.07, 6.45) is 2.12. The predicted octanol–water partition coefficient (Wildman–Crippen LogP) is 4.23. The number of rotatable bonds is 7. The molecule has 134 valence electrons. The minimum Gasteiger partial charge on any atom is -0.493 e. The Bertz CT molecular complexity index is 650. The molecule has 1 unspecified atom stereocenters. The van der Waals surface area contributed by atoms with Crippen molar-refractivity contribution < 1.29 is 4.74 Å². The van der Waals surface area contributed by atoms with Gasteiger partial charge in [-0.3, -0.25) is 0 Å². The number of piperazine rings is 1. The van der Waals surface area contributed by atoms with E-state index in [0.29, 0.717) is 5.92 Å². The highest BCUT2D eigenvalue weighted by Crippen LogP contribution is 2.28. The summed E-state index contributed by atoms with van der Waals surface area (Å²) in [5.74, 6) is 1.43. The molecule has 1 aliphatic heterocycles. The first-order valence-electron chi connectivity index (χ1n) is 9.58. The highest BCUT2D eigenvalue weighted by molar-refractivity contribution is 5.56. The van der Waals surface area contributed by atoms with Crippen molar-refractivity contribution in [3.05, 3.63) is 59.7 Å². The number of benzene rings is 2. The molecule has 3 nitrogen and oxygen atoms in total. The van der Waals surface area contributed by atoms with Gasteiger partial charge >= 0.3 is 0 Å². The van der Waals surface area contributed by atoms with Crippen LogP contribution >= 0.6 is 0 Å². The lowest BCUT2D eigenvalue weighted by atomic mass is 9.97. The molecule has 3 heteroatoms. The molecule has 1 saturated heterocycles. The average molecular weight is 338 g/mol. The number of anilines is 1. The highest BCUT2D eigenvalue weighted by atomic mass is 16.5. The Balaban J connectivity index is 1.68. The Morgan fingerprint density at radius 2 is 1.80 bits per heavy atom. The summed E-state index contributed by atoms with van der Waals surface area (Å²) in [5.41, 5.74) is 4.11. The molecule has 0 aromatic heterocycles. The minimum absolute atomic E-state index is 0.444. The molecule has 2 aromatic carbocycles. The van der Waals surface area contributed by atoms with Gasteiger partial charge in [-0.25, -0.2) is 0 Å². The molecule has 0 radical (unpaired) electrons. The van der Waals surface area contributed by atoms with Gasteiger partial charge in [0.05, 0.1) is 6.61 Å². The number of nitrogens with one attached hydrogen (secondary N) is 1. The predicted molar refractivity (Wildman–Crippen MR) is 106 cm³/mol. The molecule has 1 fully saturated rings. The fourth-order valence-electron chi connectivity index (χ4n) is 3.52. The molecule has 0 amide bonds. The van der Waals surface area contributed by atoms with E-state index in [1.165, 1.54) is 16.8 Å². The van der Waals surface area contributed by atoms with Gasteiger partial charge < -0.3 is 15.0 Å². The first kappa shape index (κ1) is 17.8. The summed E-state index contributed by atoms with van der Waals surface area (Å²) >= 11 is 0. The SMILES string of the molecule is CCc1cc(OCC(CC)c2ccccc2)ccc1N1CCNCC1. The molecule has 0 spiro atoms. The zero-order valence-corrected chi connectivity index (χ0v) is 15.5. The van der Waals surface area contributed by atoms with Gasteiger partial charge in [0.25, 0.3) is 0 Å². The van der Waals surface area contributed by atoms with E-state index >= 15 is 0 Å². The Labute approximate surface area is 152 Å². The maximum absolute atomic E-state index is 6.17. The molecule has 25 heavy (non-hydrogen) atoms. The van der Waals surface area contributed by atoms with Crippen molar-refractivity contribution in [2.75, 3.05) is 37.7 Å². The second-order valence-electron chi connectivity index (χ2n) is 6.71. The molecule has 1 aliphatic rings. The van der Waals surface area contributed by atoms with Gasteiger partial charge in [-0.2, -0.15) is 0 Å². The summed E-state index contributed by atoms with van der Waals surface area (Å²) in [5, 5.41) is 3.42. The molecule has 0 bridgehead atoms. The average Bonchev–Trinajstić information content (AvgIpc) is 2.70. The molecule has 0 aliphatic carbocycles. The van der Waals surface area contributed by atoms with E-state index in [9.17, 15) is 0 Å². The monoisotopic (exact) mass is 338 g/mol. The quantitative estimate of drug-likeness (QED) is 0.817. The second kappa shape index (κ2) is 8.91. The summed E-state index contributed by atoms with van der Waals surface area (Å²) in [6, 6.07) is 17.3. The van der Waals surface area contributed by atoms with Gasteiger partial charge in [0.15, 0.2) is 0 Å². The van der Waals surface area contributed by atoms with Crippen LogP contribution in [0.5, 0.6) is 5.75 Å². The van der Waals surface area contributed by atoms with Crippen molar-refractivity contribution in [3.8, 4) is 5.75 Å². The van der Waals surface area contributed by atoms with E-state index in [0.717, 1.165) is 51.4 Å². The fourth-order valence-corrected chi connectivity index (χ4v) is 3.52. The molecule has 3 rings (SSSR count). The standard InChI is InChI=1S/C22H30N2O/c1-3-18-16-21(10-11-22(18)24-14-12-23-13-15-24)25-17-19(4-2)20-8-6-5-7-9-20/h5-11,16,19,23H,3-4,12-15,17H2,1-2H3. The van der Waals surface area contributed by atoms with Crippen molar-refractivity contribution in [2.45, 2.75) is 32.6 Å².